The van der Waals surface area contributed by atoms with Crippen LogP contribution < -0.4 is 0 Å². The lowest BCUT2D eigenvalue weighted by Gasteiger charge is -2.00. The van der Waals surface area contributed by atoms with Gasteiger partial charge in [-0.2, -0.15) is 0 Å². The lowest BCUT2D eigenvalue weighted by molar-refractivity contribution is -0.402. The SMILES string of the molecule is CN(C)/C=C/C=C/C=C/[N+](=O)[O-]. The van der Waals surface area contributed by atoms with Crippen LogP contribution in [0.5, 0.6) is 0 Å². The van der Waals surface area contributed by atoms with Crippen molar-refractivity contribution in [3.8, 4) is 0 Å². The molecule has 0 fully saturated rings. The van der Waals surface area contributed by atoms with Crippen molar-refractivity contribution in [2.75, 3.05) is 14.1 Å². The van der Waals surface area contributed by atoms with Crippen LogP contribution in [-0.4, -0.2) is 23.9 Å². The van der Waals surface area contributed by atoms with E-state index in [4.69, 9.17) is 0 Å². The molecule has 4 heteroatoms. The smallest absolute Gasteiger partial charge is 0.234 e. The summed E-state index contributed by atoms with van der Waals surface area (Å²) < 4.78 is 0. The largest absolute Gasteiger partial charge is 0.383 e. The van der Waals surface area contributed by atoms with Gasteiger partial charge in [-0.15, -0.1) is 0 Å². The Labute approximate surface area is 71.6 Å². The third kappa shape index (κ3) is 8.42. The van der Waals surface area contributed by atoms with Gasteiger partial charge in [-0.25, -0.2) is 0 Å². The van der Waals surface area contributed by atoms with Gasteiger partial charge < -0.3 is 4.90 Å². The topological polar surface area (TPSA) is 46.4 Å². The molecule has 0 aliphatic heterocycles. The van der Waals surface area contributed by atoms with Gasteiger partial charge >= 0.3 is 0 Å². The highest BCUT2D eigenvalue weighted by molar-refractivity contribution is 5.09. The van der Waals surface area contributed by atoms with Crippen molar-refractivity contribution in [2.45, 2.75) is 0 Å². The van der Waals surface area contributed by atoms with E-state index in [9.17, 15) is 10.1 Å². The molecule has 12 heavy (non-hydrogen) atoms. The summed E-state index contributed by atoms with van der Waals surface area (Å²) in [6.07, 6.45) is 9.23. The molecule has 0 aliphatic rings. The summed E-state index contributed by atoms with van der Waals surface area (Å²) >= 11 is 0. The number of allylic oxidation sites excluding steroid dienone is 4. The Morgan fingerprint density at radius 2 is 1.75 bits per heavy atom. The number of rotatable bonds is 4. The Hall–Kier alpha value is -1.58. The van der Waals surface area contributed by atoms with Gasteiger partial charge in [0.25, 0.3) is 0 Å². The lowest BCUT2D eigenvalue weighted by atomic mass is 10.4. The molecule has 0 amide bonds. The van der Waals surface area contributed by atoms with E-state index in [0.29, 0.717) is 0 Å². The molecule has 0 unspecified atom stereocenters. The van der Waals surface area contributed by atoms with Gasteiger partial charge in [0, 0.05) is 20.2 Å². The molecule has 0 aromatic heterocycles. The molecule has 0 saturated carbocycles. The minimum atomic E-state index is -0.500. The van der Waals surface area contributed by atoms with Gasteiger partial charge in [0.05, 0.1) is 4.92 Å². The van der Waals surface area contributed by atoms with Crippen molar-refractivity contribution in [1.82, 2.24) is 4.90 Å². The quantitative estimate of drug-likeness (QED) is 0.362. The monoisotopic (exact) mass is 168 g/mol. The van der Waals surface area contributed by atoms with Crippen molar-refractivity contribution >= 4 is 0 Å². The fourth-order valence-electron chi connectivity index (χ4n) is 0.470. The minimum Gasteiger partial charge on any atom is -0.383 e. The Kier molecular flexibility index (Phi) is 5.34. The van der Waals surface area contributed by atoms with Gasteiger partial charge in [-0.05, 0) is 12.3 Å². The molecule has 0 spiro atoms. The van der Waals surface area contributed by atoms with E-state index in [1.165, 1.54) is 6.08 Å². The first-order chi connectivity index (χ1) is 5.63. The number of hydrogen-bond donors (Lipinski definition) is 0. The van der Waals surface area contributed by atoms with Crippen LogP contribution in [0.25, 0.3) is 0 Å². The molecule has 0 bridgehead atoms. The zero-order valence-corrected chi connectivity index (χ0v) is 7.18. The van der Waals surface area contributed by atoms with Crippen molar-refractivity contribution < 1.29 is 4.92 Å². The Morgan fingerprint density at radius 1 is 1.17 bits per heavy atom. The van der Waals surface area contributed by atoms with Gasteiger partial charge in [0.1, 0.15) is 0 Å². The third-order valence-electron chi connectivity index (χ3n) is 0.925. The number of hydrogen-bond acceptors (Lipinski definition) is 3. The van der Waals surface area contributed by atoms with Crippen LogP contribution in [0.4, 0.5) is 0 Å². The summed E-state index contributed by atoms with van der Waals surface area (Å²) in [5.41, 5.74) is 0. The van der Waals surface area contributed by atoms with E-state index in [2.05, 4.69) is 0 Å². The molecule has 0 heterocycles. The van der Waals surface area contributed by atoms with E-state index in [0.717, 1.165) is 6.20 Å². The standard InChI is InChI=1S/C8H12N2O2/c1-9(2)7-5-3-4-6-8-10(11)12/h3-8H,1-2H3/b4-3+,7-5+,8-6+. The van der Waals surface area contributed by atoms with Crippen LogP contribution in [0.3, 0.4) is 0 Å². The predicted molar refractivity (Wildman–Crippen MR) is 48.1 cm³/mol. The first-order valence-electron chi connectivity index (χ1n) is 3.44. The van der Waals surface area contributed by atoms with Gasteiger partial charge in [0.15, 0.2) is 0 Å². The third-order valence-corrected chi connectivity index (χ3v) is 0.925. The van der Waals surface area contributed by atoms with E-state index >= 15 is 0 Å². The van der Waals surface area contributed by atoms with Gasteiger partial charge in [-0.1, -0.05) is 12.2 Å². The van der Waals surface area contributed by atoms with E-state index < -0.39 is 4.92 Å². The lowest BCUT2D eigenvalue weighted by Crippen LogP contribution is -1.99. The predicted octanol–water partition coefficient (Wildman–Crippen LogP) is 1.41. The van der Waals surface area contributed by atoms with Crippen molar-refractivity contribution in [2.24, 2.45) is 0 Å². The summed E-state index contributed by atoms with van der Waals surface area (Å²) in [7, 11) is 3.80. The molecule has 0 saturated heterocycles. The summed E-state index contributed by atoms with van der Waals surface area (Å²) in [5.74, 6) is 0. The second kappa shape index (κ2) is 6.15. The fraction of sp³-hybridized carbons (Fsp3) is 0.250. The van der Waals surface area contributed by atoms with E-state index in [1.807, 2.05) is 25.2 Å². The average Bonchev–Trinajstić information content (AvgIpc) is 1.95. The maximum atomic E-state index is 9.80. The fourth-order valence-corrected chi connectivity index (χ4v) is 0.470. The van der Waals surface area contributed by atoms with Crippen LogP contribution in [0.15, 0.2) is 36.7 Å². The maximum absolute atomic E-state index is 9.80. The van der Waals surface area contributed by atoms with Crippen molar-refractivity contribution in [3.63, 3.8) is 0 Å². The first kappa shape index (κ1) is 10.4. The first-order valence-corrected chi connectivity index (χ1v) is 3.44. The summed E-state index contributed by atoms with van der Waals surface area (Å²) in [4.78, 5) is 11.2. The van der Waals surface area contributed by atoms with Crippen molar-refractivity contribution in [3.05, 3.63) is 46.8 Å². The molecule has 0 radical (unpaired) electrons. The van der Waals surface area contributed by atoms with E-state index in [1.54, 1.807) is 18.2 Å². The molecule has 0 N–H and O–H groups in total. The molecular weight excluding hydrogens is 156 g/mol. The summed E-state index contributed by atoms with van der Waals surface area (Å²) in [6.45, 7) is 0. The molecule has 0 aromatic rings. The van der Waals surface area contributed by atoms with E-state index in [-0.39, 0.29) is 0 Å². The van der Waals surface area contributed by atoms with Crippen LogP contribution in [-0.2, 0) is 0 Å². The highest BCUT2D eigenvalue weighted by atomic mass is 16.6. The molecule has 4 nitrogen and oxygen atoms in total. The van der Waals surface area contributed by atoms with Gasteiger partial charge in [0.2, 0.25) is 6.20 Å². The zero-order chi connectivity index (χ0) is 9.40. The van der Waals surface area contributed by atoms with Crippen LogP contribution in [0, 0.1) is 10.1 Å². The van der Waals surface area contributed by atoms with Crippen LogP contribution in [0.2, 0.25) is 0 Å². The molecule has 66 valence electrons. The minimum absolute atomic E-state index is 0.500. The summed E-state index contributed by atoms with van der Waals surface area (Å²) in [5, 5.41) is 9.80. The molecule has 0 rings (SSSR count). The average molecular weight is 168 g/mol. The molecule has 0 aromatic carbocycles. The second-order valence-electron chi connectivity index (χ2n) is 2.32. The van der Waals surface area contributed by atoms with Crippen molar-refractivity contribution in [1.29, 1.82) is 0 Å². The number of nitrogens with zero attached hydrogens (tertiary/aromatic N) is 2. The Balaban J connectivity index is 3.70. The highest BCUT2D eigenvalue weighted by Gasteiger charge is 1.77. The maximum Gasteiger partial charge on any atom is 0.234 e. The number of nitro groups is 1. The Morgan fingerprint density at radius 3 is 2.25 bits per heavy atom. The van der Waals surface area contributed by atoms with Crippen LogP contribution >= 0.6 is 0 Å². The summed E-state index contributed by atoms with van der Waals surface area (Å²) in [6, 6.07) is 0. The highest BCUT2D eigenvalue weighted by Crippen LogP contribution is 1.82. The molecule has 0 aliphatic carbocycles. The molecule has 0 atom stereocenters. The van der Waals surface area contributed by atoms with Gasteiger partial charge in [-0.3, -0.25) is 10.1 Å². The normalized spacial score (nSPS) is 11.8. The van der Waals surface area contributed by atoms with Crippen LogP contribution in [0.1, 0.15) is 0 Å². The zero-order valence-electron chi connectivity index (χ0n) is 7.18. The second-order valence-corrected chi connectivity index (χ2v) is 2.32. The molecular formula is C8H12N2O2. The Bertz CT molecular complexity index is 217.